The zero-order chi connectivity index (χ0) is 8.48. The Morgan fingerprint density at radius 1 is 1.36 bits per heavy atom. The highest BCUT2D eigenvalue weighted by Gasteiger charge is 2.35. The van der Waals surface area contributed by atoms with Crippen LogP contribution in [0.15, 0.2) is 6.20 Å². The summed E-state index contributed by atoms with van der Waals surface area (Å²) in [6.07, 6.45) is -2.70. The summed E-state index contributed by atoms with van der Waals surface area (Å²) in [4.78, 5) is 5.54. The van der Waals surface area contributed by atoms with E-state index in [4.69, 9.17) is 0 Å². The normalized spacial score (nSPS) is 11.6. The van der Waals surface area contributed by atoms with Crippen molar-refractivity contribution in [2.75, 3.05) is 0 Å². The standard InChI is InChI=1S/C5HF4N2/c6-4-3(5(7,8)9)1-10-2-11-4/h1H. The second-order valence-corrected chi connectivity index (χ2v) is 1.67. The molecule has 11 heavy (non-hydrogen) atoms. The molecule has 0 bridgehead atoms. The molecule has 0 saturated carbocycles. The number of nitrogens with zero attached hydrogens (tertiary/aromatic N) is 2. The smallest absolute Gasteiger partial charge is 0.233 e. The molecule has 0 aliphatic rings. The molecular formula is C5HF4N2. The maximum absolute atomic E-state index is 12.2. The Kier molecular flexibility index (Phi) is 1.76. The average molecular weight is 165 g/mol. The maximum Gasteiger partial charge on any atom is 0.422 e. The minimum Gasteiger partial charge on any atom is -0.233 e. The Hall–Kier alpha value is -1.20. The molecule has 6 heteroatoms. The van der Waals surface area contributed by atoms with E-state index in [9.17, 15) is 17.6 Å². The molecule has 0 saturated heterocycles. The van der Waals surface area contributed by atoms with E-state index in [2.05, 4.69) is 9.97 Å². The van der Waals surface area contributed by atoms with E-state index in [1.807, 2.05) is 0 Å². The molecule has 1 rings (SSSR count). The number of hydrogen-bond donors (Lipinski definition) is 0. The predicted molar refractivity (Wildman–Crippen MR) is 25.8 cm³/mol. The second kappa shape index (κ2) is 2.44. The van der Waals surface area contributed by atoms with E-state index in [0.29, 0.717) is 6.20 Å². The van der Waals surface area contributed by atoms with Crippen molar-refractivity contribution in [1.82, 2.24) is 9.97 Å². The number of halogens is 4. The van der Waals surface area contributed by atoms with Crippen LogP contribution in [0.2, 0.25) is 0 Å². The summed E-state index contributed by atoms with van der Waals surface area (Å²) in [6, 6.07) is 0. The van der Waals surface area contributed by atoms with Crippen molar-refractivity contribution in [3.63, 3.8) is 0 Å². The van der Waals surface area contributed by atoms with Gasteiger partial charge in [-0.2, -0.15) is 22.5 Å². The maximum atomic E-state index is 12.2. The molecule has 0 aromatic carbocycles. The highest BCUT2D eigenvalue weighted by atomic mass is 19.4. The van der Waals surface area contributed by atoms with Crippen molar-refractivity contribution in [2.24, 2.45) is 0 Å². The molecule has 2 nitrogen and oxygen atoms in total. The number of alkyl halides is 3. The van der Waals surface area contributed by atoms with Gasteiger partial charge in [-0.3, -0.25) is 0 Å². The van der Waals surface area contributed by atoms with Crippen LogP contribution in [-0.4, -0.2) is 9.97 Å². The van der Waals surface area contributed by atoms with Gasteiger partial charge in [0.15, 0.2) is 6.33 Å². The van der Waals surface area contributed by atoms with E-state index in [0.717, 1.165) is 0 Å². The van der Waals surface area contributed by atoms with Crippen molar-refractivity contribution >= 4 is 0 Å². The van der Waals surface area contributed by atoms with Crippen LogP contribution >= 0.6 is 0 Å². The van der Waals surface area contributed by atoms with Crippen molar-refractivity contribution in [1.29, 1.82) is 0 Å². The second-order valence-electron chi connectivity index (χ2n) is 1.67. The third-order valence-corrected chi connectivity index (χ3v) is 0.927. The third kappa shape index (κ3) is 1.63. The van der Waals surface area contributed by atoms with Crippen LogP contribution in [0.4, 0.5) is 17.6 Å². The van der Waals surface area contributed by atoms with Crippen LogP contribution in [0, 0.1) is 12.3 Å². The zero-order valence-electron chi connectivity index (χ0n) is 4.98. The third-order valence-electron chi connectivity index (χ3n) is 0.927. The van der Waals surface area contributed by atoms with Gasteiger partial charge in [0, 0.05) is 6.20 Å². The predicted octanol–water partition coefficient (Wildman–Crippen LogP) is 1.43. The van der Waals surface area contributed by atoms with Gasteiger partial charge < -0.3 is 0 Å². The fourth-order valence-electron chi connectivity index (χ4n) is 0.470. The summed E-state index contributed by atoms with van der Waals surface area (Å²) >= 11 is 0. The van der Waals surface area contributed by atoms with Crippen molar-refractivity contribution in [3.05, 3.63) is 24.0 Å². The summed E-state index contributed by atoms with van der Waals surface area (Å²) in [5.41, 5.74) is -1.48. The molecule has 1 radical (unpaired) electrons. The number of hydrogen-bond acceptors (Lipinski definition) is 2. The number of aromatic nitrogens is 2. The molecule has 0 amide bonds. The summed E-state index contributed by atoms with van der Waals surface area (Å²) in [7, 11) is 0. The Morgan fingerprint density at radius 2 is 2.00 bits per heavy atom. The first kappa shape index (κ1) is 7.90. The lowest BCUT2D eigenvalue weighted by molar-refractivity contribution is -0.140. The van der Waals surface area contributed by atoms with Crippen LogP contribution in [0.25, 0.3) is 0 Å². The number of rotatable bonds is 0. The van der Waals surface area contributed by atoms with Crippen molar-refractivity contribution in [3.8, 4) is 0 Å². The van der Waals surface area contributed by atoms with Crippen LogP contribution in [0.5, 0.6) is 0 Å². The quantitative estimate of drug-likeness (QED) is 0.429. The van der Waals surface area contributed by atoms with E-state index in [1.54, 1.807) is 6.33 Å². The summed E-state index contributed by atoms with van der Waals surface area (Å²) in [6.45, 7) is 0. The minimum atomic E-state index is -4.74. The molecular weight excluding hydrogens is 164 g/mol. The van der Waals surface area contributed by atoms with Gasteiger partial charge in [-0.25, -0.2) is 4.98 Å². The molecule has 0 unspecified atom stereocenters. The van der Waals surface area contributed by atoms with Crippen LogP contribution in [-0.2, 0) is 6.18 Å². The van der Waals surface area contributed by atoms with Gasteiger partial charge in [0.25, 0.3) is 0 Å². The minimum absolute atomic E-state index is 0.336. The fourth-order valence-corrected chi connectivity index (χ4v) is 0.470. The molecule has 0 fully saturated rings. The highest BCUT2D eigenvalue weighted by molar-refractivity contribution is 5.08. The summed E-state index contributed by atoms with van der Waals surface area (Å²) < 4.78 is 47.3. The highest BCUT2D eigenvalue weighted by Crippen LogP contribution is 2.29. The first-order valence-electron chi connectivity index (χ1n) is 2.47. The Morgan fingerprint density at radius 3 is 2.36 bits per heavy atom. The molecule has 0 aliphatic heterocycles. The topological polar surface area (TPSA) is 25.8 Å². The van der Waals surface area contributed by atoms with E-state index < -0.39 is 17.7 Å². The Balaban J connectivity index is 3.14. The van der Waals surface area contributed by atoms with Crippen LogP contribution in [0.3, 0.4) is 0 Å². The molecule has 0 spiro atoms. The lowest BCUT2D eigenvalue weighted by Crippen LogP contribution is -2.09. The van der Waals surface area contributed by atoms with Gasteiger partial charge in [-0.15, -0.1) is 0 Å². The van der Waals surface area contributed by atoms with Gasteiger partial charge in [-0.05, 0) is 0 Å². The molecule has 0 N–H and O–H groups in total. The fraction of sp³-hybridized carbons (Fsp3) is 0.200. The first-order valence-corrected chi connectivity index (χ1v) is 2.47. The summed E-state index contributed by atoms with van der Waals surface area (Å²) in [5.74, 6) is -1.60. The Labute approximate surface area is 58.9 Å². The van der Waals surface area contributed by atoms with Gasteiger partial charge in [-0.1, -0.05) is 0 Å². The van der Waals surface area contributed by atoms with Gasteiger partial charge in [0.05, 0.1) is 0 Å². The molecule has 0 aliphatic carbocycles. The van der Waals surface area contributed by atoms with Crippen LogP contribution in [0.1, 0.15) is 5.56 Å². The monoisotopic (exact) mass is 165 g/mol. The van der Waals surface area contributed by atoms with E-state index in [-0.39, 0.29) is 0 Å². The molecule has 1 aromatic rings. The van der Waals surface area contributed by atoms with E-state index >= 15 is 0 Å². The summed E-state index contributed by atoms with van der Waals surface area (Å²) in [5, 5.41) is 0. The average Bonchev–Trinajstić information content (AvgIpc) is 1.86. The lowest BCUT2D eigenvalue weighted by Gasteiger charge is -2.03. The van der Waals surface area contributed by atoms with Crippen molar-refractivity contribution < 1.29 is 17.6 Å². The van der Waals surface area contributed by atoms with Gasteiger partial charge in [0.2, 0.25) is 5.95 Å². The Bertz CT molecular complexity index is 257. The molecule has 0 atom stereocenters. The molecule has 59 valence electrons. The SMILES string of the molecule is Fc1n[c]ncc1C(F)(F)F. The zero-order valence-corrected chi connectivity index (χ0v) is 4.98. The molecule has 1 aromatic heterocycles. The van der Waals surface area contributed by atoms with Crippen LogP contribution < -0.4 is 0 Å². The van der Waals surface area contributed by atoms with Crippen molar-refractivity contribution in [2.45, 2.75) is 6.18 Å². The lowest BCUT2D eigenvalue weighted by atomic mass is 10.3. The largest absolute Gasteiger partial charge is 0.422 e. The van der Waals surface area contributed by atoms with Gasteiger partial charge >= 0.3 is 6.18 Å². The van der Waals surface area contributed by atoms with Gasteiger partial charge in [0.1, 0.15) is 5.56 Å². The van der Waals surface area contributed by atoms with E-state index in [1.165, 1.54) is 0 Å². The first-order chi connectivity index (χ1) is 5.02. The molecule has 1 heterocycles.